The summed E-state index contributed by atoms with van der Waals surface area (Å²) >= 11 is 0. The van der Waals surface area contributed by atoms with Gasteiger partial charge in [-0.3, -0.25) is 4.98 Å². The van der Waals surface area contributed by atoms with Gasteiger partial charge in [-0.2, -0.15) is 5.10 Å². The minimum Gasteiger partial charge on any atom is -0.387 e. The maximum atomic E-state index is 9.35. The summed E-state index contributed by atoms with van der Waals surface area (Å²) in [6.07, 6.45) is 1.14. The van der Waals surface area contributed by atoms with Crippen LogP contribution in [0.25, 0.3) is 5.69 Å². The number of aliphatic hydroxyl groups is 1. The molecule has 0 unspecified atom stereocenters. The predicted octanol–water partition coefficient (Wildman–Crippen LogP) is 1.33. The van der Waals surface area contributed by atoms with Crippen molar-refractivity contribution in [1.82, 2.24) is 19.7 Å². The SMILES string of the molecule is Cc1nc(C)n(-c2ccc([C@H](C)O)nc2)n1. The maximum absolute atomic E-state index is 9.35. The van der Waals surface area contributed by atoms with Crippen molar-refractivity contribution >= 4 is 0 Å². The summed E-state index contributed by atoms with van der Waals surface area (Å²) in [7, 11) is 0. The first-order valence-corrected chi connectivity index (χ1v) is 5.12. The Kier molecular flexibility index (Phi) is 2.70. The van der Waals surface area contributed by atoms with Crippen LogP contribution in [0, 0.1) is 13.8 Å². The Balaban J connectivity index is 2.38. The van der Waals surface area contributed by atoms with Crippen molar-refractivity contribution < 1.29 is 5.11 Å². The third-order valence-electron chi connectivity index (χ3n) is 2.32. The van der Waals surface area contributed by atoms with Crippen LogP contribution in [-0.4, -0.2) is 24.9 Å². The summed E-state index contributed by atoms with van der Waals surface area (Å²) in [5, 5.41) is 13.6. The lowest BCUT2D eigenvalue weighted by Crippen LogP contribution is -2.02. The van der Waals surface area contributed by atoms with E-state index in [9.17, 15) is 5.11 Å². The number of hydrogen-bond donors (Lipinski definition) is 1. The molecule has 0 aliphatic carbocycles. The zero-order valence-corrected chi connectivity index (χ0v) is 9.55. The smallest absolute Gasteiger partial charge is 0.148 e. The van der Waals surface area contributed by atoms with E-state index in [1.807, 2.05) is 19.9 Å². The maximum Gasteiger partial charge on any atom is 0.148 e. The van der Waals surface area contributed by atoms with Gasteiger partial charge in [0.1, 0.15) is 11.6 Å². The third-order valence-corrected chi connectivity index (χ3v) is 2.32. The standard InChI is InChI=1S/C11H14N4O/c1-7(16)11-5-4-10(6-12-11)15-9(3)13-8(2)14-15/h4-7,16H,1-3H3/t7-/m0/s1. The lowest BCUT2D eigenvalue weighted by atomic mass is 10.2. The van der Waals surface area contributed by atoms with Crippen LogP contribution in [0.5, 0.6) is 0 Å². The van der Waals surface area contributed by atoms with Gasteiger partial charge in [-0.1, -0.05) is 0 Å². The monoisotopic (exact) mass is 218 g/mol. The van der Waals surface area contributed by atoms with E-state index < -0.39 is 6.10 Å². The molecule has 84 valence electrons. The fourth-order valence-corrected chi connectivity index (χ4v) is 1.54. The number of pyridine rings is 1. The molecule has 5 nitrogen and oxygen atoms in total. The zero-order valence-electron chi connectivity index (χ0n) is 9.55. The van der Waals surface area contributed by atoms with Gasteiger partial charge in [0, 0.05) is 0 Å². The van der Waals surface area contributed by atoms with Crippen molar-refractivity contribution in [1.29, 1.82) is 0 Å². The molecule has 0 saturated heterocycles. The predicted molar refractivity (Wildman–Crippen MR) is 59.3 cm³/mol. The highest BCUT2D eigenvalue weighted by atomic mass is 16.3. The topological polar surface area (TPSA) is 63.8 Å². The van der Waals surface area contributed by atoms with E-state index in [0.717, 1.165) is 17.3 Å². The van der Waals surface area contributed by atoms with E-state index in [-0.39, 0.29) is 0 Å². The summed E-state index contributed by atoms with van der Waals surface area (Å²) in [5.74, 6) is 1.56. The van der Waals surface area contributed by atoms with E-state index in [1.165, 1.54) is 0 Å². The molecule has 0 aliphatic rings. The molecule has 2 aromatic rings. The molecule has 1 atom stereocenters. The zero-order chi connectivity index (χ0) is 11.7. The number of aromatic nitrogens is 4. The molecule has 0 fully saturated rings. The number of hydrogen-bond acceptors (Lipinski definition) is 4. The minimum absolute atomic E-state index is 0.548. The molecule has 1 N–H and O–H groups in total. The van der Waals surface area contributed by atoms with Crippen molar-refractivity contribution in [2.45, 2.75) is 26.9 Å². The van der Waals surface area contributed by atoms with Gasteiger partial charge in [0.25, 0.3) is 0 Å². The lowest BCUT2D eigenvalue weighted by Gasteiger charge is -2.05. The van der Waals surface area contributed by atoms with Gasteiger partial charge in [0.2, 0.25) is 0 Å². The van der Waals surface area contributed by atoms with Crippen molar-refractivity contribution in [3.05, 3.63) is 35.7 Å². The second-order valence-corrected chi connectivity index (χ2v) is 3.74. The molecule has 2 rings (SSSR count). The molecule has 0 spiro atoms. The Bertz CT molecular complexity index is 487. The quantitative estimate of drug-likeness (QED) is 0.826. The van der Waals surface area contributed by atoms with Crippen LogP contribution in [0.15, 0.2) is 18.3 Å². The van der Waals surface area contributed by atoms with E-state index in [0.29, 0.717) is 5.69 Å². The molecule has 2 aromatic heterocycles. The van der Waals surface area contributed by atoms with Gasteiger partial charge in [-0.15, -0.1) is 0 Å². The third kappa shape index (κ3) is 1.94. The molecule has 0 aliphatic heterocycles. The number of rotatable bonds is 2. The lowest BCUT2D eigenvalue weighted by molar-refractivity contribution is 0.194. The Hall–Kier alpha value is -1.75. The molecule has 0 amide bonds. The number of nitrogens with zero attached hydrogens (tertiary/aromatic N) is 4. The van der Waals surface area contributed by atoms with Crippen molar-refractivity contribution in [2.24, 2.45) is 0 Å². The highest BCUT2D eigenvalue weighted by Crippen LogP contribution is 2.12. The average Bonchev–Trinajstić information content (AvgIpc) is 2.58. The van der Waals surface area contributed by atoms with Gasteiger partial charge in [0.15, 0.2) is 0 Å². The van der Waals surface area contributed by atoms with Crippen molar-refractivity contribution in [3.63, 3.8) is 0 Å². The molecule has 0 bridgehead atoms. The van der Waals surface area contributed by atoms with E-state index in [4.69, 9.17) is 0 Å². The molecular formula is C11H14N4O. The van der Waals surface area contributed by atoms with E-state index >= 15 is 0 Å². The highest BCUT2D eigenvalue weighted by molar-refractivity contribution is 5.29. The molecule has 2 heterocycles. The van der Waals surface area contributed by atoms with Gasteiger partial charge in [-0.25, -0.2) is 9.67 Å². The van der Waals surface area contributed by atoms with Crippen LogP contribution >= 0.6 is 0 Å². The second-order valence-electron chi connectivity index (χ2n) is 3.74. The van der Waals surface area contributed by atoms with Crippen LogP contribution in [0.2, 0.25) is 0 Å². The van der Waals surface area contributed by atoms with Crippen LogP contribution in [0.1, 0.15) is 30.4 Å². The van der Waals surface area contributed by atoms with E-state index in [2.05, 4.69) is 15.1 Å². The summed E-state index contributed by atoms with van der Waals surface area (Å²) in [5.41, 5.74) is 1.50. The van der Waals surface area contributed by atoms with Crippen molar-refractivity contribution in [3.8, 4) is 5.69 Å². The van der Waals surface area contributed by atoms with Crippen molar-refractivity contribution in [2.75, 3.05) is 0 Å². The average molecular weight is 218 g/mol. The van der Waals surface area contributed by atoms with Gasteiger partial charge >= 0.3 is 0 Å². The van der Waals surface area contributed by atoms with Gasteiger partial charge < -0.3 is 5.11 Å². The normalized spacial score (nSPS) is 12.8. The first-order valence-electron chi connectivity index (χ1n) is 5.12. The Morgan fingerprint density at radius 2 is 2.06 bits per heavy atom. The Labute approximate surface area is 93.8 Å². The first-order chi connectivity index (χ1) is 7.58. The second kappa shape index (κ2) is 4.02. The Morgan fingerprint density at radius 1 is 1.31 bits per heavy atom. The summed E-state index contributed by atoms with van der Waals surface area (Å²) in [4.78, 5) is 8.39. The fourth-order valence-electron chi connectivity index (χ4n) is 1.54. The van der Waals surface area contributed by atoms with E-state index in [1.54, 1.807) is 23.9 Å². The highest BCUT2D eigenvalue weighted by Gasteiger charge is 2.07. The molecular weight excluding hydrogens is 204 g/mol. The number of aryl methyl sites for hydroxylation is 2. The largest absolute Gasteiger partial charge is 0.387 e. The summed E-state index contributed by atoms with van der Waals surface area (Å²) < 4.78 is 1.73. The fraction of sp³-hybridized carbons (Fsp3) is 0.364. The molecule has 0 radical (unpaired) electrons. The minimum atomic E-state index is -0.548. The van der Waals surface area contributed by atoms with Crippen LogP contribution in [-0.2, 0) is 0 Å². The summed E-state index contributed by atoms with van der Waals surface area (Å²) in [6.45, 7) is 5.43. The molecule has 16 heavy (non-hydrogen) atoms. The Morgan fingerprint density at radius 3 is 2.50 bits per heavy atom. The molecule has 0 saturated carbocycles. The summed E-state index contributed by atoms with van der Waals surface area (Å²) in [6, 6.07) is 3.66. The van der Waals surface area contributed by atoms with Gasteiger partial charge in [-0.05, 0) is 32.9 Å². The van der Waals surface area contributed by atoms with Crippen LogP contribution in [0.3, 0.4) is 0 Å². The molecule has 5 heteroatoms. The van der Waals surface area contributed by atoms with Gasteiger partial charge in [0.05, 0.1) is 23.7 Å². The number of aliphatic hydroxyl groups excluding tert-OH is 1. The first kappa shape index (κ1) is 10.8. The molecule has 0 aromatic carbocycles. The van der Waals surface area contributed by atoms with Crippen LogP contribution in [0.4, 0.5) is 0 Å². The van der Waals surface area contributed by atoms with Crippen LogP contribution < -0.4 is 0 Å².